The summed E-state index contributed by atoms with van der Waals surface area (Å²) in [6.45, 7) is 3.50. The topological polar surface area (TPSA) is 49.8 Å². The van der Waals surface area contributed by atoms with E-state index >= 15 is 0 Å². The molecule has 0 aromatic carbocycles. The Morgan fingerprint density at radius 3 is 2.83 bits per heavy atom. The van der Waals surface area contributed by atoms with Crippen LogP contribution in [0, 0.1) is 5.92 Å². The van der Waals surface area contributed by atoms with Crippen LogP contribution in [0.5, 0.6) is 0 Å². The van der Waals surface area contributed by atoms with E-state index in [0.29, 0.717) is 5.92 Å². The molecule has 5 heterocycles. The molecule has 1 spiro atoms. The molecule has 1 aromatic rings. The lowest BCUT2D eigenvalue weighted by molar-refractivity contribution is -0.150. The van der Waals surface area contributed by atoms with Crippen molar-refractivity contribution in [2.75, 3.05) is 19.6 Å². The molecule has 1 atom stereocenters. The molecule has 4 fully saturated rings. The minimum atomic E-state index is -0.0520. The molecule has 1 unspecified atom stereocenters. The molecule has 0 saturated carbocycles. The highest BCUT2D eigenvalue weighted by Crippen LogP contribution is 2.42. The maximum absolute atomic E-state index is 6.06. The van der Waals surface area contributed by atoms with E-state index in [1.807, 2.05) is 6.20 Å². The maximum atomic E-state index is 6.06. The first-order chi connectivity index (χ1) is 11.3. The zero-order valence-corrected chi connectivity index (χ0v) is 13.6. The van der Waals surface area contributed by atoms with E-state index in [0.717, 1.165) is 24.6 Å². The second-order valence-electron chi connectivity index (χ2n) is 7.57. The molecule has 0 radical (unpaired) electrons. The molecule has 5 aliphatic rings. The smallest absolute Gasteiger partial charge is 0.154 e. The van der Waals surface area contributed by atoms with Gasteiger partial charge in [-0.15, -0.1) is 0 Å². The minimum Gasteiger partial charge on any atom is -0.300 e. The van der Waals surface area contributed by atoms with Crippen LogP contribution in [-0.2, 0) is 17.7 Å². The molecule has 4 saturated heterocycles. The summed E-state index contributed by atoms with van der Waals surface area (Å²) in [5.74, 6) is 2.45. The van der Waals surface area contributed by atoms with Crippen molar-refractivity contribution in [1.82, 2.24) is 15.4 Å². The number of hydrogen-bond acceptors (Lipinski definition) is 4. The standard InChI is InChI=1S/C18H24N4O/c1-2-4-14-11-19-16(9-13(14)3-1)20-17-10-18(23-21-17)12-22-7-5-15(18)6-8-22/h9,11,15H,1-8,10,12H2,(H,19,20,21). The predicted molar refractivity (Wildman–Crippen MR) is 88.7 cm³/mol. The zero-order valence-electron chi connectivity index (χ0n) is 13.6. The van der Waals surface area contributed by atoms with E-state index in [-0.39, 0.29) is 5.60 Å². The largest absolute Gasteiger partial charge is 0.300 e. The van der Waals surface area contributed by atoms with Crippen molar-refractivity contribution < 1.29 is 4.84 Å². The van der Waals surface area contributed by atoms with Crippen LogP contribution in [0.1, 0.15) is 43.2 Å². The number of fused-ring (bicyclic) bond motifs is 3. The summed E-state index contributed by atoms with van der Waals surface area (Å²) in [5.41, 5.74) is 5.90. The predicted octanol–water partition coefficient (Wildman–Crippen LogP) is 2.38. The molecule has 2 bridgehead atoms. The van der Waals surface area contributed by atoms with Gasteiger partial charge in [-0.1, -0.05) is 0 Å². The van der Waals surface area contributed by atoms with Crippen LogP contribution in [0.3, 0.4) is 0 Å². The highest BCUT2D eigenvalue weighted by molar-refractivity contribution is 5.86. The van der Waals surface area contributed by atoms with Gasteiger partial charge in [-0.3, -0.25) is 10.3 Å². The fourth-order valence-corrected chi connectivity index (χ4v) is 4.82. The van der Waals surface area contributed by atoms with Crippen molar-refractivity contribution in [2.45, 2.75) is 50.5 Å². The Morgan fingerprint density at radius 1 is 1.22 bits per heavy atom. The number of hydrogen-bond donors (Lipinski definition) is 1. The third kappa shape index (κ3) is 2.37. The number of aryl methyl sites for hydroxylation is 2. The van der Waals surface area contributed by atoms with Crippen LogP contribution in [-0.4, -0.2) is 41.0 Å². The van der Waals surface area contributed by atoms with Gasteiger partial charge in [0.2, 0.25) is 0 Å². The van der Waals surface area contributed by atoms with Gasteiger partial charge in [-0.2, -0.15) is 0 Å². The van der Waals surface area contributed by atoms with Gasteiger partial charge in [0.1, 0.15) is 11.4 Å². The Morgan fingerprint density at radius 2 is 2.04 bits per heavy atom. The number of nitrogens with one attached hydrogen (secondary N) is 1. The molecule has 6 rings (SSSR count). The first kappa shape index (κ1) is 13.9. The second kappa shape index (κ2) is 5.28. The zero-order chi connectivity index (χ0) is 15.3. The highest BCUT2D eigenvalue weighted by atomic mass is 16.7. The molecular formula is C18H24N4O. The summed E-state index contributed by atoms with van der Waals surface area (Å²) in [7, 11) is 0. The summed E-state index contributed by atoms with van der Waals surface area (Å²) >= 11 is 0. The Hall–Kier alpha value is -1.46. The molecule has 23 heavy (non-hydrogen) atoms. The lowest BCUT2D eigenvalue weighted by Crippen LogP contribution is -2.59. The third-order valence-corrected chi connectivity index (χ3v) is 6.12. The molecular weight excluding hydrogens is 288 g/mol. The fourth-order valence-electron chi connectivity index (χ4n) is 4.82. The summed E-state index contributed by atoms with van der Waals surface area (Å²) in [5, 5.41) is 0. The fraction of sp³-hybridized carbons (Fsp3) is 0.667. The van der Waals surface area contributed by atoms with E-state index in [1.54, 1.807) is 0 Å². The average molecular weight is 312 g/mol. The summed E-state index contributed by atoms with van der Waals surface area (Å²) in [6, 6.07) is 2.17. The van der Waals surface area contributed by atoms with Crippen LogP contribution >= 0.6 is 0 Å². The van der Waals surface area contributed by atoms with E-state index in [1.165, 1.54) is 62.7 Å². The lowest BCUT2D eigenvalue weighted by Gasteiger charge is -2.49. The van der Waals surface area contributed by atoms with Crippen LogP contribution in [0.25, 0.3) is 0 Å². The van der Waals surface area contributed by atoms with E-state index in [9.17, 15) is 0 Å². The first-order valence-corrected chi connectivity index (χ1v) is 9.02. The van der Waals surface area contributed by atoms with Gasteiger partial charge < -0.3 is 4.90 Å². The third-order valence-electron chi connectivity index (χ3n) is 6.12. The van der Waals surface area contributed by atoms with Crippen molar-refractivity contribution in [2.24, 2.45) is 10.9 Å². The monoisotopic (exact) mass is 312 g/mol. The van der Waals surface area contributed by atoms with Gasteiger partial charge in [-0.25, -0.2) is 9.98 Å². The first-order valence-electron chi connectivity index (χ1n) is 9.02. The van der Waals surface area contributed by atoms with E-state index in [2.05, 4.69) is 21.4 Å². The molecule has 1 N–H and O–H groups in total. The minimum absolute atomic E-state index is 0.0520. The number of piperidine rings is 3. The number of pyridine rings is 1. The molecule has 0 amide bonds. The van der Waals surface area contributed by atoms with Crippen molar-refractivity contribution in [3.63, 3.8) is 0 Å². The van der Waals surface area contributed by atoms with Crippen LogP contribution in [0.15, 0.2) is 17.3 Å². The number of amidine groups is 1. The lowest BCUT2D eigenvalue weighted by atomic mass is 9.74. The number of rotatable bonds is 1. The van der Waals surface area contributed by atoms with E-state index in [4.69, 9.17) is 9.83 Å². The van der Waals surface area contributed by atoms with Gasteiger partial charge in [0, 0.05) is 19.2 Å². The van der Waals surface area contributed by atoms with Gasteiger partial charge in [0.25, 0.3) is 0 Å². The Labute approximate surface area is 137 Å². The van der Waals surface area contributed by atoms with Gasteiger partial charge in [-0.05, 0) is 74.7 Å². The Bertz CT molecular complexity index is 650. The second-order valence-corrected chi connectivity index (χ2v) is 7.57. The van der Waals surface area contributed by atoms with E-state index < -0.39 is 0 Å². The van der Waals surface area contributed by atoms with Crippen molar-refractivity contribution in [3.05, 3.63) is 23.4 Å². The number of hydroxylamine groups is 1. The molecule has 1 aromatic heterocycles. The van der Waals surface area contributed by atoms with Gasteiger partial charge >= 0.3 is 0 Å². The highest BCUT2D eigenvalue weighted by Gasteiger charge is 2.52. The molecule has 122 valence electrons. The normalized spacial score (nSPS) is 37.1. The number of nitrogens with zero attached hydrogens (tertiary/aromatic N) is 3. The summed E-state index contributed by atoms with van der Waals surface area (Å²) in [4.78, 5) is 17.9. The molecule has 5 heteroatoms. The molecule has 4 aliphatic heterocycles. The maximum Gasteiger partial charge on any atom is 0.154 e. The summed E-state index contributed by atoms with van der Waals surface area (Å²) in [6.07, 6.45) is 10.3. The van der Waals surface area contributed by atoms with Crippen LogP contribution < -0.4 is 5.48 Å². The number of aliphatic imine (C=N–C) groups is 1. The average Bonchev–Trinajstić information content (AvgIpc) is 2.98. The van der Waals surface area contributed by atoms with Crippen molar-refractivity contribution in [1.29, 1.82) is 0 Å². The summed E-state index contributed by atoms with van der Waals surface area (Å²) < 4.78 is 0. The van der Waals surface area contributed by atoms with Gasteiger partial charge in [0.15, 0.2) is 5.82 Å². The quantitative estimate of drug-likeness (QED) is 0.865. The Kier molecular flexibility index (Phi) is 3.20. The van der Waals surface area contributed by atoms with Crippen LogP contribution in [0.2, 0.25) is 0 Å². The van der Waals surface area contributed by atoms with Crippen LogP contribution in [0.4, 0.5) is 5.82 Å². The Balaban J connectivity index is 1.38. The molecule has 1 aliphatic carbocycles. The van der Waals surface area contributed by atoms with Gasteiger partial charge in [0.05, 0.1) is 0 Å². The number of aromatic nitrogens is 1. The van der Waals surface area contributed by atoms with Crippen molar-refractivity contribution in [3.8, 4) is 0 Å². The SMILES string of the molecule is c1nc(N=C2CC3(CN4CCC3CC4)ON2)cc2c1CCCC2. The molecule has 5 nitrogen and oxygen atoms in total. The van der Waals surface area contributed by atoms with Crippen molar-refractivity contribution >= 4 is 11.7 Å².